The number of hydrogen-bond acceptors (Lipinski definition) is 5. The van der Waals surface area contributed by atoms with Crippen molar-refractivity contribution in [3.8, 4) is 5.75 Å². The van der Waals surface area contributed by atoms with Crippen molar-refractivity contribution < 1.29 is 14.3 Å². The minimum Gasteiger partial charge on any atom is -0.492 e. The number of hydrogen-bond donors (Lipinski definition) is 3. The highest BCUT2D eigenvalue weighted by Gasteiger charge is 2.14. The summed E-state index contributed by atoms with van der Waals surface area (Å²) < 4.78 is 10.3. The van der Waals surface area contributed by atoms with Crippen LogP contribution in [-0.2, 0) is 9.53 Å². The van der Waals surface area contributed by atoms with E-state index in [1.165, 1.54) is 0 Å². The van der Waals surface area contributed by atoms with Crippen molar-refractivity contribution in [2.24, 2.45) is 0 Å². The van der Waals surface area contributed by atoms with Crippen LogP contribution in [0.5, 0.6) is 5.75 Å². The Morgan fingerprint density at radius 3 is 2.85 bits per heavy atom. The molecule has 0 aliphatic rings. The van der Waals surface area contributed by atoms with Crippen LogP contribution in [0.25, 0.3) is 0 Å². The van der Waals surface area contributed by atoms with Crippen LogP contribution in [0, 0.1) is 0 Å². The van der Waals surface area contributed by atoms with E-state index >= 15 is 0 Å². The quantitative estimate of drug-likeness (QED) is 0.493. The Labute approximate surface area is 119 Å². The Morgan fingerprint density at radius 2 is 2.20 bits per heavy atom. The highest BCUT2D eigenvalue weighted by atomic mass is 16.5. The topological polar surface area (TPSA) is 85.6 Å². The lowest BCUT2D eigenvalue weighted by molar-refractivity contribution is -0.121. The molecule has 0 aliphatic heterocycles. The smallest absolute Gasteiger partial charge is 0.242 e. The van der Waals surface area contributed by atoms with Gasteiger partial charge in [-0.25, -0.2) is 0 Å². The Morgan fingerprint density at radius 1 is 1.45 bits per heavy atom. The van der Waals surface area contributed by atoms with E-state index in [4.69, 9.17) is 15.2 Å². The maximum absolute atomic E-state index is 11.8. The van der Waals surface area contributed by atoms with Crippen molar-refractivity contribution in [1.82, 2.24) is 5.32 Å². The first-order chi connectivity index (χ1) is 9.60. The zero-order valence-electron chi connectivity index (χ0n) is 12.2. The van der Waals surface area contributed by atoms with E-state index in [0.29, 0.717) is 36.9 Å². The van der Waals surface area contributed by atoms with E-state index in [9.17, 15) is 4.79 Å². The molecule has 6 heteroatoms. The summed E-state index contributed by atoms with van der Waals surface area (Å²) in [5.41, 5.74) is 7.19. The molecule has 0 saturated heterocycles. The molecule has 1 unspecified atom stereocenters. The molecule has 0 saturated carbocycles. The number of benzene rings is 1. The van der Waals surface area contributed by atoms with Crippen molar-refractivity contribution in [1.29, 1.82) is 0 Å². The van der Waals surface area contributed by atoms with E-state index in [-0.39, 0.29) is 5.91 Å². The fourth-order valence-corrected chi connectivity index (χ4v) is 1.68. The van der Waals surface area contributed by atoms with Crippen molar-refractivity contribution in [2.45, 2.75) is 19.9 Å². The van der Waals surface area contributed by atoms with Gasteiger partial charge in [0.2, 0.25) is 5.91 Å². The summed E-state index contributed by atoms with van der Waals surface area (Å²) in [6, 6.07) is 5.05. The van der Waals surface area contributed by atoms with Crippen molar-refractivity contribution in [3.63, 3.8) is 0 Å². The first-order valence-electron chi connectivity index (χ1n) is 6.64. The second-order valence-electron chi connectivity index (χ2n) is 4.30. The van der Waals surface area contributed by atoms with Gasteiger partial charge in [-0.05, 0) is 26.0 Å². The molecule has 1 aromatic rings. The standard InChI is InChI=1S/C14H23N3O3/c1-4-20-12-7-5-6-11(13(12)15)17-10(2)14(18)16-8-9-19-3/h5-7,10,17H,4,8-9,15H2,1-3H3,(H,16,18). The van der Waals surface area contributed by atoms with Crippen LogP contribution in [0.15, 0.2) is 18.2 Å². The van der Waals surface area contributed by atoms with Crippen LogP contribution in [-0.4, -0.2) is 38.8 Å². The number of ether oxygens (including phenoxy) is 2. The van der Waals surface area contributed by atoms with Gasteiger partial charge in [0.05, 0.1) is 24.6 Å². The van der Waals surface area contributed by atoms with Crippen molar-refractivity contribution in [3.05, 3.63) is 18.2 Å². The fourth-order valence-electron chi connectivity index (χ4n) is 1.68. The molecule has 0 aliphatic carbocycles. The number of rotatable bonds is 8. The van der Waals surface area contributed by atoms with Gasteiger partial charge in [-0.15, -0.1) is 0 Å². The van der Waals surface area contributed by atoms with Gasteiger partial charge >= 0.3 is 0 Å². The highest BCUT2D eigenvalue weighted by molar-refractivity contribution is 5.86. The van der Waals surface area contributed by atoms with E-state index in [2.05, 4.69) is 10.6 Å². The molecule has 1 amide bonds. The van der Waals surface area contributed by atoms with Gasteiger partial charge in [0.1, 0.15) is 11.8 Å². The van der Waals surface area contributed by atoms with Crippen molar-refractivity contribution >= 4 is 17.3 Å². The Balaban J connectivity index is 2.63. The van der Waals surface area contributed by atoms with Crippen LogP contribution >= 0.6 is 0 Å². The zero-order chi connectivity index (χ0) is 15.0. The number of carbonyl (C=O) groups excluding carboxylic acids is 1. The molecular formula is C14H23N3O3. The average Bonchev–Trinajstić information content (AvgIpc) is 2.43. The summed E-state index contributed by atoms with van der Waals surface area (Å²) in [6.07, 6.45) is 0. The molecule has 1 atom stereocenters. The zero-order valence-corrected chi connectivity index (χ0v) is 12.2. The molecule has 0 bridgehead atoms. The number of methoxy groups -OCH3 is 1. The summed E-state index contributed by atoms with van der Waals surface area (Å²) in [6.45, 7) is 5.18. The average molecular weight is 281 g/mol. The Bertz CT molecular complexity index is 438. The van der Waals surface area contributed by atoms with Gasteiger partial charge in [-0.2, -0.15) is 0 Å². The summed E-state index contributed by atoms with van der Waals surface area (Å²) >= 11 is 0. The second-order valence-corrected chi connectivity index (χ2v) is 4.30. The fraction of sp³-hybridized carbons (Fsp3) is 0.500. The SMILES string of the molecule is CCOc1cccc(NC(C)C(=O)NCCOC)c1N. The third kappa shape index (κ3) is 4.62. The van der Waals surface area contributed by atoms with Crippen molar-refractivity contribution in [2.75, 3.05) is 37.9 Å². The van der Waals surface area contributed by atoms with Gasteiger partial charge in [-0.1, -0.05) is 6.07 Å². The molecule has 1 aromatic carbocycles. The lowest BCUT2D eigenvalue weighted by atomic mass is 10.2. The summed E-state index contributed by atoms with van der Waals surface area (Å²) in [4.78, 5) is 11.8. The molecule has 1 rings (SSSR count). The summed E-state index contributed by atoms with van der Waals surface area (Å²) in [5, 5.41) is 5.84. The molecule has 0 heterocycles. The minimum absolute atomic E-state index is 0.108. The predicted octanol–water partition coefficient (Wildman–Crippen LogP) is 1.23. The summed E-state index contributed by atoms with van der Waals surface area (Å²) in [5.74, 6) is 0.507. The maximum Gasteiger partial charge on any atom is 0.242 e. The molecule has 0 radical (unpaired) electrons. The number of nitrogens with two attached hydrogens (primary N) is 1. The van der Waals surface area contributed by atoms with Gasteiger partial charge in [-0.3, -0.25) is 4.79 Å². The normalized spacial score (nSPS) is 11.8. The first-order valence-corrected chi connectivity index (χ1v) is 6.64. The van der Waals surface area contributed by atoms with Gasteiger partial charge in [0.15, 0.2) is 0 Å². The van der Waals surface area contributed by atoms with Gasteiger partial charge in [0, 0.05) is 13.7 Å². The molecular weight excluding hydrogens is 258 g/mol. The molecule has 6 nitrogen and oxygen atoms in total. The number of amides is 1. The molecule has 112 valence electrons. The number of nitrogen functional groups attached to an aromatic ring is 1. The van der Waals surface area contributed by atoms with Crippen LogP contribution in [0.1, 0.15) is 13.8 Å². The maximum atomic E-state index is 11.8. The number of para-hydroxylation sites is 1. The lowest BCUT2D eigenvalue weighted by Gasteiger charge is -2.18. The van der Waals surface area contributed by atoms with E-state index in [1.54, 1.807) is 20.1 Å². The number of anilines is 2. The summed E-state index contributed by atoms with van der Waals surface area (Å²) in [7, 11) is 1.59. The van der Waals surface area contributed by atoms with Crippen LogP contribution in [0.2, 0.25) is 0 Å². The first kappa shape index (κ1) is 16.1. The van der Waals surface area contributed by atoms with Gasteiger partial charge in [0.25, 0.3) is 0 Å². The predicted molar refractivity (Wildman–Crippen MR) is 80.0 cm³/mol. The highest BCUT2D eigenvalue weighted by Crippen LogP contribution is 2.29. The Hall–Kier alpha value is -1.95. The molecule has 0 spiro atoms. The monoisotopic (exact) mass is 281 g/mol. The lowest BCUT2D eigenvalue weighted by Crippen LogP contribution is -2.39. The molecule has 4 N–H and O–H groups in total. The third-order valence-corrected chi connectivity index (χ3v) is 2.74. The van der Waals surface area contributed by atoms with E-state index in [0.717, 1.165) is 0 Å². The molecule has 0 aromatic heterocycles. The van der Waals surface area contributed by atoms with Gasteiger partial charge < -0.3 is 25.8 Å². The molecule has 0 fully saturated rings. The number of nitrogens with one attached hydrogen (secondary N) is 2. The molecule has 20 heavy (non-hydrogen) atoms. The number of carbonyl (C=O) groups is 1. The van der Waals surface area contributed by atoms with E-state index < -0.39 is 6.04 Å². The van der Waals surface area contributed by atoms with Crippen LogP contribution in [0.3, 0.4) is 0 Å². The third-order valence-electron chi connectivity index (χ3n) is 2.74. The Kier molecular flexibility index (Phi) is 6.66. The van der Waals surface area contributed by atoms with Crippen LogP contribution in [0.4, 0.5) is 11.4 Å². The van der Waals surface area contributed by atoms with E-state index in [1.807, 2.05) is 19.1 Å². The van der Waals surface area contributed by atoms with Crippen LogP contribution < -0.4 is 21.1 Å². The second kappa shape index (κ2) is 8.27. The largest absolute Gasteiger partial charge is 0.492 e. The minimum atomic E-state index is -0.397.